The van der Waals surface area contributed by atoms with Crippen molar-refractivity contribution in [2.24, 2.45) is 0 Å². The summed E-state index contributed by atoms with van der Waals surface area (Å²) in [5.74, 6) is 0. The first kappa shape index (κ1) is 11.4. The molecule has 0 aliphatic rings. The van der Waals surface area contributed by atoms with Crippen molar-refractivity contribution in [3.63, 3.8) is 0 Å². The summed E-state index contributed by atoms with van der Waals surface area (Å²) in [5, 5.41) is 6.66. The zero-order valence-corrected chi connectivity index (χ0v) is 10.3. The van der Waals surface area contributed by atoms with Crippen LogP contribution in [0.15, 0.2) is 30.0 Å². The predicted octanol–water partition coefficient (Wildman–Crippen LogP) is 2.30. The SMILES string of the molecule is CCn1ccc(CNCCc2nccs2)c1. The van der Waals surface area contributed by atoms with Gasteiger partial charge in [0, 0.05) is 50.0 Å². The molecule has 0 amide bonds. The van der Waals surface area contributed by atoms with Crippen molar-refractivity contribution in [3.05, 3.63) is 40.6 Å². The van der Waals surface area contributed by atoms with Gasteiger partial charge in [0.2, 0.25) is 0 Å². The maximum Gasteiger partial charge on any atom is 0.0937 e. The van der Waals surface area contributed by atoms with Gasteiger partial charge in [0.1, 0.15) is 0 Å². The molecule has 0 unspecified atom stereocenters. The van der Waals surface area contributed by atoms with E-state index in [1.54, 1.807) is 11.3 Å². The van der Waals surface area contributed by atoms with Gasteiger partial charge in [-0.25, -0.2) is 4.98 Å². The van der Waals surface area contributed by atoms with Crippen molar-refractivity contribution >= 4 is 11.3 Å². The maximum atomic E-state index is 4.25. The van der Waals surface area contributed by atoms with Gasteiger partial charge in [-0.15, -0.1) is 11.3 Å². The Morgan fingerprint density at radius 2 is 2.44 bits per heavy atom. The fourth-order valence-corrected chi connectivity index (χ4v) is 2.22. The number of aromatic nitrogens is 2. The van der Waals surface area contributed by atoms with Crippen molar-refractivity contribution in [1.82, 2.24) is 14.9 Å². The molecule has 0 radical (unpaired) electrons. The minimum absolute atomic E-state index is 0.943. The minimum atomic E-state index is 0.943. The highest BCUT2D eigenvalue weighted by molar-refractivity contribution is 7.09. The summed E-state index contributed by atoms with van der Waals surface area (Å²) in [4.78, 5) is 4.25. The molecule has 0 saturated carbocycles. The molecule has 0 aromatic carbocycles. The van der Waals surface area contributed by atoms with Crippen molar-refractivity contribution in [2.45, 2.75) is 26.4 Å². The quantitative estimate of drug-likeness (QED) is 0.779. The van der Waals surface area contributed by atoms with Crippen LogP contribution in [-0.2, 0) is 19.5 Å². The Bertz CT molecular complexity index is 406. The van der Waals surface area contributed by atoms with Crippen LogP contribution in [-0.4, -0.2) is 16.1 Å². The fourth-order valence-electron chi connectivity index (χ4n) is 1.60. The average Bonchev–Trinajstić information content (AvgIpc) is 2.95. The number of aryl methyl sites for hydroxylation is 1. The second-order valence-electron chi connectivity index (χ2n) is 3.70. The average molecular weight is 235 g/mol. The minimum Gasteiger partial charge on any atom is -0.354 e. The summed E-state index contributed by atoms with van der Waals surface area (Å²) in [6.45, 7) is 5.13. The Morgan fingerprint density at radius 1 is 1.50 bits per heavy atom. The molecule has 0 spiro atoms. The predicted molar refractivity (Wildman–Crippen MR) is 67.6 cm³/mol. The zero-order chi connectivity index (χ0) is 11.2. The van der Waals surface area contributed by atoms with Gasteiger partial charge in [-0.3, -0.25) is 0 Å². The van der Waals surface area contributed by atoms with Gasteiger partial charge in [0.15, 0.2) is 0 Å². The lowest BCUT2D eigenvalue weighted by atomic mass is 10.3. The van der Waals surface area contributed by atoms with Crippen LogP contribution in [0.25, 0.3) is 0 Å². The van der Waals surface area contributed by atoms with Crippen LogP contribution in [0.1, 0.15) is 17.5 Å². The molecule has 2 aromatic heterocycles. The molecule has 4 heteroatoms. The van der Waals surface area contributed by atoms with Gasteiger partial charge in [-0.2, -0.15) is 0 Å². The normalized spacial score (nSPS) is 10.8. The molecule has 16 heavy (non-hydrogen) atoms. The molecule has 86 valence electrons. The van der Waals surface area contributed by atoms with Crippen LogP contribution >= 0.6 is 11.3 Å². The first-order valence-electron chi connectivity index (χ1n) is 5.62. The van der Waals surface area contributed by atoms with Crippen LogP contribution < -0.4 is 5.32 Å². The summed E-state index contributed by atoms with van der Waals surface area (Å²) in [6.07, 6.45) is 7.20. The van der Waals surface area contributed by atoms with E-state index in [1.807, 2.05) is 11.6 Å². The topological polar surface area (TPSA) is 29.9 Å². The molecule has 0 bridgehead atoms. The van der Waals surface area contributed by atoms with E-state index in [4.69, 9.17) is 0 Å². The smallest absolute Gasteiger partial charge is 0.0937 e. The van der Waals surface area contributed by atoms with Crippen molar-refractivity contribution in [1.29, 1.82) is 0 Å². The highest BCUT2D eigenvalue weighted by Gasteiger charge is 1.97. The largest absolute Gasteiger partial charge is 0.354 e. The van der Waals surface area contributed by atoms with Crippen LogP contribution in [0, 0.1) is 0 Å². The first-order chi connectivity index (χ1) is 7.88. The van der Waals surface area contributed by atoms with E-state index < -0.39 is 0 Å². The third-order valence-corrected chi connectivity index (χ3v) is 3.34. The lowest BCUT2D eigenvalue weighted by Gasteiger charge is -2.01. The second-order valence-corrected chi connectivity index (χ2v) is 4.68. The molecule has 0 fully saturated rings. The van der Waals surface area contributed by atoms with E-state index in [0.29, 0.717) is 0 Å². The Morgan fingerprint density at radius 3 is 3.12 bits per heavy atom. The van der Waals surface area contributed by atoms with E-state index >= 15 is 0 Å². The van der Waals surface area contributed by atoms with E-state index in [0.717, 1.165) is 26.1 Å². The number of nitrogens with one attached hydrogen (secondary N) is 1. The van der Waals surface area contributed by atoms with E-state index in [-0.39, 0.29) is 0 Å². The van der Waals surface area contributed by atoms with Crippen LogP contribution in [0.5, 0.6) is 0 Å². The molecule has 0 saturated heterocycles. The standard InChI is InChI=1S/C12H17N3S/c1-2-15-7-4-11(10-15)9-13-5-3-12-14-6-8-16-12/h4,6-8,10,13H,2-3,5,9H2,1H3. The Balaban J connectivity index is 1.68. The Hall–Kier alpha value is -1.13. The Kier molecular flexibility index (Phi) is 4.13. The summed E-state index contributed by atoms with van der Waals surface area (Å²) < 4.78 is 2.19. The molecule has 0 atom stereocenters. The summed E-state index contributed by atoms with van der Waals surface area (Å²) in [7, 11) is 0. The Labute approximate surface area is 100 Å². The number of hydrogen-bond acceptors (Lipinski definition) is 3. The molecule has 2 rings (SSSR count). The maximum absolute atomic E-state index is 4.25. The number of thiazole rings is 1. The zero-order valence-electron chi connectivity index (χ0n) is 9.52. The van der Waals surface area contributed by atoms with Crippen molar-refractivity contribution in [3.8, 4) is 0 Å². The number of nitrogens with zero attached hydrogens (tertiary/aromatic N) is 2. The van der Waals surface area contributed by atoms with Crippen LogP contribution in [0.2, 0.25) is 0 Å². The van der Waals surface area contributed by atoms with Gasteiger partial charge in [0.25, 0.3) is 0 Å². The second kappa shape index (κ2) is 5.82. The monoisotopic (exact) mass is 235 g/mol. The lowest BCUT2D eigenvalue weighted by Crippen LogP contribution is -2.16. The molecule has 1 N–H and O–H groups in total. The third-order valence-electron chi connectivity index (χ3n) is 2.51. The molecule has 3 nitrogen and oxygen atoms in total. The highest BCUT2D eigenvalue weighted by atomic mass is 32.1. The van der Waals surface area contributed by atoms with Crippen LogP contribution in [0.3, 0.4) is 0 Å². The van der Waals surface area contributed by atoms with Crippen molar-refractivity contribution < 1.29 is 0 Å². The van der Waals surface area contributed by atoms with Gasteiger partial charge in [-0.1, -0.05) is 0 Å². The fraction of sp³-hybridized carbons (Fsp3) is 0.417. The highest BCUT2D eigenvalue weighted by Crippen LogP contribution is 2.04. The third kappa shape index (κ3) is 3.18. The molecular weight excluding hydrogens is 218 g/mol. The molecule has 2 heterocycles. The molecular formula is C12H17N3S. The van der Waals surface area contributed by atoms with Crippen LogP contribution in [0.4, 0.5) is 0 Å². The lowest BCUT2D eigenvalue weighted by molar-refractivity contribution is 0.681. The molecule has 0 aliphatic heterocycles. The summed E-state index contributed by atoms with van der Waals surface area (Å²) in [5.41, 5.74) is 1.35. The van der Waals surface area contributed by atoms with Gasteiger partial charge >= 0.3 is 0 Å². The molecule has 0 aliphatic carbocycles. The first-order valence-corrected chi connectivity index (χ1v) is 6.50. The summed E-state index contributed by atoms with van der Waals surface area (Å²) in [6, 6.07) is 2.17. The van der Waals surface area contributed by atoms with E-state index in [2.05, 4.69) is 40.3 Å². The van der Waals surface area contributed by atoms with Gasteiger partial charge < -0.3 is 9.88 Å². The number of rotatable bonds is 6. The van der Waals surface area contributed by atoms with E-state index in [1.165, 1.54) is 10.6 Å². The number of hydrogen-bond donors (Lipinski definition) is 1. The van der Waals surface area contributed by atoms with Gasteiger partial charge in [0.05, 0.1) is 5.01 Å². The molecule has 2 aromatic rings. The van der Waals surface area contributed by atoms with E-state index in [9.17, 15) is 0 Å². The van der Waals surface area contributed by atoms with Gasteiger partial charge in [-0.05, 0) is 18.6 Å². The van der Waals surface area contributed by atoms with Crippen molar-refractivity contribution in [2.75, 3.05) is 6.54 Å². The summed E-state index contributed by atoms with van der Waals surface area (Å²) >= 11 is 1.72.